The highest BCUT2D eigenvalue weighted by molar-refractivity contribution is 5.79. The van der Waals surface area contributed by atoms with Crippen LogP contribution in [0, 0.1) is 13.8 Å². The van der Waals surface area contributed by atoms with Crippen LogP contribution in [-0.2, 0) is 18.3 Å². The number of hydrogen-bond acceptors (Lipinski definition) is 3. The molecule has 0 unspecified atom stereocenters. The number of aryl methyl sites for hydroxylation is 2. The number of nitrogens with zero attached hydrogens (tertiary/aromatic N) is 4. The molecule has 3 aromatic rings. The van der Waals surface area contributed by atoms with Gasteiger partial charge in [-0.2, -0.15) is 5.10 Å². The molecule has 1 fully saturated rings. The number of carbonyl (C=O) groups excluding carboxylic acids is 1. The normalized spacial score (nSPS) is 15.6. The van der Waals surface area contributed by atoms with Crippen LogP contribution in [0.3, 0.4) is 0 Å². The van der Waals surface area contributed by atoms with Gasteiger partial charge in [0.2, 0.25) is 5.91 Å². The van der Waals surface area contributed by atoms with Gasteiger partial charge in [0.25, 0.3) is 0 Å². The van der Waals surface area contributed by atoms with Crippen LogP contribution in [-0.4, -0.2) is 43.2 Å². The molecule has 1 aliphatic rings. The average molecular weight is 367 g/mol. The number of imidazole rings is 1. The molecule has 3 heterocycles. The highest BCUT2D eigenvalue weighted by Crippen LogP contribution is 2.25. The summed E-state index contributed by atoms with van der Waals surface area (Å²) in [4.78, 5) is 30.0. The molecule has 0 radical (unpaired) electrons. The van der Waals surface area contributed by atoms with Crippen LogP contribution in [0.2, 0.25) is 0 Å². The van der Waals surface area contributed by atoms with Gasteiger partial charge in [0.1, 0.15) is 0 Å². The molecule has 2 aromatic heterocycles. The molecule has 0 aliphatic carbocycles. The highest BCUT2D eigenvalue weighted by atomic mass is 16.2. The van der Waals surface area contributed by atoms with E-state index in [1.54, 1.807) is 0 Å². The van der Waals surface area contributed by atoms with Crippen molar-refractivity contribution >= 4 is 16.9 Å². The minimum atomic E-state index is -0.0670. The van der Waals surface area contributed by atoms with Crippen molar-refractivity contribution in [2.75, 3.05) is 13.1 Å². The lowest BCUT2D eigenvalue weighted by molar-refractivity contribution is -0.131. The average Bonchev–Trinajstić information content (AvgIpc) is 3.12. The number of piperidine rings is 1. The summed E-state index contributed by atoms with van der Waals surface area (Å²) >= 11 is 0. The van der Waals surface area contributed by atoms with Gasteiger partial charge in [-0.15, -0.1) is 0 Å². The summed E-state index contributed by atoms with van der Waals surface area (Å²) in [7, 11) is 1.90. The molecule has 142 valence electrons. The van der Waals surface area contributed by atoms with E-state index < -0.39 is 0 Å². The number of hydrogen-bond donors (Lipinski definition) is 1. The monoisotopic (exact) mass is 367 g/mol. The second-order valence-electron chi connectivity index (χ2n) is 7.38. The van der Waals surface area contributed by atoms with E-state index in [0.717, 1.165) is 40.8 Å². The summed E-state index contributed by atoms with van der Waals surface area (Å²) in [5, 5.41) is 4.40. The molecule has 7 heteroatoms. The Labute approximate surface area is 157 Å². The van der Waals surface area contributed by atoms with E-state index in [9.17, 15) is 9.59 Å². The quantitative estimate of drug-likeness (QED) is 0.770. The molecule has 0 saturated carbocycles. The number of amides is 1. The highest BCUT2D eigenvalue weighted by Gasteiger charge is 2.27. The molecular formula is C20H25N5O2. The number of carbonyl (C=O) groups is 1. The number of para-hydroxylation sites is 2. The lowest BCUT2D eigenvalue weighted by Crippen LogP contribution is -2.41. The summed E-state index contributed by atoms with van der Waals surface area (Å²) in [5.41, 5.74) is 4.72. The first-order valence-electron chi connectivity index (χ1n) is 9.42. The molecule has 0 atom stereocenters. The SMILES string of the molecule is Cc1nn(C)c(C)c1CC(=O)N1CCC(n2c(=O)[nH]c3ccccc32)CC1. The zero-order valence-corrected chi connectivity index (χ0v) is 16.0. The maximum absolute atomic E-state index is 12.8. The predicted molar refractivity (Wildman–Crippen MR) is 104 cm³/mol. The fourth-order valence-electron chi connectivity index (χ4n) is 4.15. The largest absolute Gasteiger partial charge is 0.342 e. The van der Waals surface area contributed by atoms with Crippen molar-refractivity contribution in [3.63, 3.8) is 0 Å². The van der Waals surface area contributed by atoms with Crippen molar-refractivity contribution in [3.8, 4) is 0 Å². The zero-order chi connectivity index (χ0) is 19.1. The summed E-state index contributed by atoms with van der Waals surface area (Å²) < 4.78 is 3.68. The molecule has 0 bridgehead atoms. The summed E-state index contributed by atoms with van der Waals surface area (Å²) in [5.74, 6) is 0.138. The first-order valence-corrected chi connectivity index (χ1v) is 9.42. The van der Waals surface area contributed by atoms with Gasteiger partial charge in [-0.25, -0.2) is 4.79 Å². The fourth-order valence-corrected chi connectivity index (χ4v) is 4.15. The minimum Gasteiger partial charge on any atom is -0.342 e. The number of benzene rings is 1. The number of H-pyrrole nitrogens is 1. The Morgan fingerprint density at radius 1 is 1.22 bits per heavy atom. The van der Waals surface area contributed by atoms with Crippen molar-refractivity contribution in [1.29, 1.82) is 0 Å². The maximum Gasteiger partial charge on any atom is 0.326 e. The van der Waals surface area contributed by atoms with Crippen LogP contribution < -0.4 is 5.69 Å². The predicted octanol–water partition coefficient (Wildman–Crippen LogP) is 2.09. The minimum absolute atomic E-state index is 0.0670. The van der Waals surface area contributed by atoms with Crippen LogP contribution in [0.15, 0.2) is 29.1 Å². The van der Waals surface area contributed by atoms with Crippen molar-refractivity contribution in [1.82, 2.24) is 24.2 Å². The standard InChI is InChI=1S/C20H25N5O2/c1-13-16(14(2)23(3)22-13)12-19(26)24-10-8-15(9-11-24)25-18-7-5-4-6-17(18)21-20(25)27/h4-7,15H,8-12H2,1-3H3,(H,21,27). The molecule has 4 rings (SSSR count). The number of likely N-dealkylation sites (tertiary alicyclic amines) is 1. The molecular weight excluding hydrogens is 342 g/mol. The summed E-state index contributed by atoms with van der Waals surface area (Å²) in [6.07, 6.45) is 1.97. The Hall–Kier alpha value is -2.83. The van der Waals surface area contributed by atoms with E-state index in [1.807, 2.05) is 59.3 Å². The first-order chi connectivity index (χ1) is 13.0. The van der Waals surface area contributed by atoms with E-state index in [1.165, 1.54) is 0 Å². The Morgan fingerprint density at radius 2 is 1.93 bits per heavy atom. The fraction of sp³-hybridized carbons (Fsp3) is 0.450. The molecule has 1 amide bonds. The molecule has 1 aliphatic heterocycles. The zero-order valence-electron chi connectivity index (χ0n) is 16.0. The number of aromatic amines is 1. The summed E-state index contributed by atoms with van der Waals surface area (Å²) in [6.45, 7) is 5.30. The first kappa shape index (κ1) is 17.6. The molecule has 1 saturated heterocycles. The van der Waals surface area contributed by atoms with Crippen LogP contribution in [0.1, 0.15) is 35.8 Å². The Balaban J connectivity index is 1.46. The topological polar surface area (TPSA) is 75.9 Å². The molecule has 1 N–H and O–H groups in total. The van der Waals surface area contributed by atoms with Gasteiger partial charge in [0, 0.05) is 37.4 Å². The second kappa shape index (κ2) is 6.72. The van der Waals surface area contributed by atoms with Crippen LogP contribution >= 0.6 is 0 Å². The molecule has 7 nitrogen and oxygen atoms in total. The van der Waals surface area contributed by atoms with Gasteiger partial charge in [-0.05, 0) is 38.8 Å². The van der Waals surface area contributed by atoms with Gasteiger partial charge < -0.3 is 9.88 Å². The van der Waals surface area contributed by atoms with Gasteiger partial charge in [0.15, 0.2) is 0 Å². The van der Waals surface area contributed by atoms with Crippen LogP contribution in [0.4, 0.5) is 0 Å². The third-order valence-electron chi connectivity index (χ3n) is 5.79. The Bertz CT molecular complexity index is 1050. The van der Waals surface area contributed by atoms with E-state index in [-0.39, 0.29) is 17.6 Å². The van der Waals surface area contributed by atoms with Gasteiger partial charge in [0.05, 0.1) is 23.1 Å². The molecule has 1 aromatic carbocycles. The van der Waals surface area contributed by atoms with Crippen molar-refractivity contribution in [2.45, 2.75) is 39.2 Å². The van der Waals surface area contributed by atoms with Gasteiger partial charge in [-0.3, -0.25) is 14.0 Å². The van der Waals surface area contributed by atoms with Crippen molar-refractivity contribution < 1.29 is 4.79 Å². The lowest BCUT2D eigenvalue weighted by Gasteiger charge is -2.32. The van der Waals surface area contributed by atoms with Gasteiger partial charge >= 0.3 is 5.69 Å². The number of nitrogens with one attached hydrogen (secondary N) is 1. The van der Waals surface area contributed by atoms with Gasteiger partial charge in [-0.1, -0.05) is 12.1 Å². The smallest absolute Gasteiger partial charge is 0.326 e. The Kier molecular flexibility index (Phi) is 4.37. The van der Waals surface area contributed by atoms with Crippen molar-refractivity contribution in [3.05, 3.63) is 51.7 Å². The van der Waals surface area contributed by atoms with E-state index in [4.69, 9.17) is 0 Å². The van der Waals surface area contributed by atoms with Crippen LogP contribution in [0.25, 0.3) is 11.0 Å². The number of fused-ring (bicyclic) bond motifs is 1. The molecule has 27 heavy (non-hydrogen) atoms. The lowest BCUT2D eigenvalue weighted by atomic mass is 10.0. The third kappa shape index (κ3) is 3.07. The van der Waals surface area contributed by atoms with E-state index in [2.05, 4.69) is 10.1 Å². The second-order valence-corrected chi connectivity index (χ2v) is 7.38. The maximum atomic E-state index is 12.8. The van der Waals surface area contributed by atoms with Crippen molar-refractivity contribution in [2.24, 2.45) is 7.05 Å². The van der Waals surface area contributed by atoms with E-state index in [0.29, 0.717) is 19.5 Å². The van der Waals surface area contributed by atoms with Crippen LogP contribution in [0.5, 0.6) is 0 Å². The summed E-state index contributed by atoms with van der Waals surface area (Å²) in [6, 6.07) is 7.89. The van der Waals surface area contributed by atoms with E-state index >= 15 is 0 Å². The third-order valence-corrected chi connectivity index (χ3v) is 5.79. The Morgan fingerprint density at radius 3 is 2.59 bits per heavy atom. The molecule has 0 spiro atoms. The number of rotatable bonds is 3. The number of aromatic nitrogens is 4.